The minimum atomic E-state index is -4.58. The van der Waals surface area contributed by atoms with Gasteiger partial charge in [-0.25, -0.2) is 9.48 Å². The fourth-order valence-electron chi connectivity index (χ4n) is 2.66. The smallest absolute Gasteiger partial charge is 0.435 e. The Morgan fingerprint density at radius 3 is 2.54 bits per heavy atom. The van der Waals surface area contributed by atoms with E-state index in [4.69, 9.17) is 4.74 Å². The van der Waals surface area contributed by atoms with E-state index in [2.05, 4.69) is 9.84 Å². The molecule has 0 atom stereocenters. The van der Waals surface area contributed by atoms with E-state index < -0.39 is 17.8 Å². The van der Waals surface area contributed by atoms with Crippen molar-refractivity contribution in [3.05, 3.63) is 65.9 Å². The highest BCUT2D eigenvalue weighted by Gasteiger charge is 2.35. The number of ether oxygens (including phenoxy) is 2. The van der Waals surface area contributed by atoms with Crippen molar-refractivity contribution in [3.63, 3.8) is 0 Å². The van der Waals surface area contributed by atoms with Crippen LogP contribution >= 0.6 is 0 Å². The maximum atomic E-state index is 13.3. The van der Waals surface area contributed by atoms with Crippen LogP contribution in [-0.4, -0.2) is 29.5 Å². The molecule has 28 heavy (non-hydrogen) atoms. The Balaban J connectivity index is 2.07. The van der Waals surface area contributed by atoms with Crippen molar-refractivity contribution in [2.45, 2.75) is 13.1 Å². The third-order valence-corrected chi connectivity index (χ3v) is 4.06. The number of alkyl halides is 3. The molecule has 0 aliphatic carbocycles. The molecule has 2 aromatic carbocycles. The summed E-state index contributed by atoms with van der Waals surface area (Å²) in [5, 5.41) is 3.78. The molecule has 0 fully saturated rings. The Bertz CT molecular complexity index is 996. The number of carbonyl (C=O) groups excluding carboxylic acids is 1. The summed E-state index contributed by atoms with van der Waals surface area (Å²) in [4.78, 5) is 11.2. The van der Waals surface area contributed by atoms with Gasteiger partial charge in [-0.05, 0) is 36.8 Å². The molecule has 0 amide bonds. The second-order valence-electron chi connectivity index (χ2n) is 6.00. The number of hydrogen-bond acceptors (Lipinski definition) is 4. The lowest BCUT2D eigenvalue weighted by molar-refractivity contribution is -0.143. The van der Waals surface area contributed by atoms with Crippen molar-refractivity contribution in [3.8, 4) is 22.7 Å². The summed E-state index contributed by atoms with van der Waals surface area (Å²) in [6.07, 6.45) is -4.58. The number of benzene rings is 2. The van der Waals surface area contributed by atoms with Gasteiger partial charge in [0.1, 0.15) is 5.75 Å². The topological polar surface area (TPSA) is 53.4 Å². The molecule has 146 valence electrons. The SMILES string of the molecule is COC(=O)COc1cccc(-c2cc(C(F)(F)F)nn2-c2ccccc2C)c1. The van der Waals surface area contributed by atoms with Crippen LogP contribution in [0.5, 0.6) is 5.75 Å². The van der Waals surface area contributed by atoms with Crippen molar-refractivity contribution in [1.29, 1.82) is 0 Å². The molecule has 0 spiro atoms. The van der Waals surface area contributed by atoms with Gasteiger partial charge in [0, 0.05) is 5.56 Å². The zero-order chi connectivity index (χ0) is 20.3. The van der Waals surface area contributed by atoms with Crippen LogP contribution in [0.2, 0.25) is 0 Å². The summed E-state index contributed by atoms with van der Waals surface area (Å²) in [7, 11) is 1.24. The number of aryl methyl sites for hydroxylation is 1. The van der Waals surface area contributed by atoms with Gasteiger partial charge in [0.2, 0.25) is 0 Å². The van der Waals surface area contributed by atoms with E-state index in [1.54, 1.807) is 55.5 Å². The normalized spacial score (nSPS) is 11.3. The number of methoxy groups -OCH3 is 1. The second-order valence-corrected chi connectivity index (χ2v) is 6.00. The molecule has 0 aliphatic rings. The van der Waals surface area contributed by atoms with Gasteiger partial charge in [0.15, 0.2) is 12.3 Å². The highest BCUT2D eigenvalue weighted by Crippen LogP contribution is 2.34. The van der Waals surface area contributed by atoms with Crippen molar-refractivity contribution in [1.82, 2.24) is 9.78 Å². The van der Waals surface area contributed by atoms with Crippen LogP contribution in [0.4, 0.5) is 13.2 Å². The number of para-hydroxylation sites is 1. The number of aromatic nitrogens is 2. The molecule has 3 aromatic rings. The van der Waals surface area contributed by atoms with E-state index in [9.17, 15) is 18.0 Å². The minimum Gasteiger partial charge on any atom is -0.482 e. The zero-order valence-electron chi connectivity index (χ0n) is 15.2. The van der Waals surface area contributed by atoms with Crippen molar-refractivity contribution >= 4 is 5.97 Å². The Hall–Kier alpha value is -3.29. The molecule has 5 nitrogen and oxygen atoms in total. The highest BCUT2D eigenvalue weighted by atomic mass is 19.4. The summed E-state index contributed by atoms with van der Waals surface area (Å²) in [5.74, 6) is -0.233. The molecule has 0 saturated heterocycles. The molecular formula is C20H17F3N2O3. The van der Waals surface area contributed by atoms with Crippen molar-refractivity contribution < 1.29 is 27.4 Å². The maximum absolute atomic E-state index is 13.3. The second kappa shape index (κ2) is 7.75. The molecule has 0 N–H and O–H groups in total. The van der Waals surface area contributed by atoms with Crippen LogP contribution in [0, 0.1) is 6.92 Å². The number of halogens is 3. The van der Waals surface area contributed by atoms with Gasteiger partial charge in [-0.15, -0.1) is 0 Å². The van der Waals surface area contributed by atoms with Crippen LogP contribution < -0.4 is 4.74 Å². The Morgan fingerprint density at radius 2 is 1.86 bits per heavy atom. The maximum Gasteiger partial charge on any atom is 0.435 e. The zero-order valence-corrected chi connectivity index (χ0v) is 15.2. The molecule has 1 aromatic heterocycles. The molecule has 0 unspecified atom stereocenters. The van der Waals surface area contributed by atoms with E-state index in [1.165, 1.54) is 11.8 Å². The number of carbonyl (C=O) groups is 1. The third-order valence-electron chi connectivity index (χ3n) is 4.06. The molecule has 0 saturated carbocycles. The number of rotatable bonds is 5. The standard InChI is InChI=1S/C20H17F3N2O3/c1-13-6-3-4-9-16(13)25-17(11-18(24-25)20(21,22)23)14-7-5-8-15(10-14)28-12-19(26)27-2/h3-11H,12H2,1-2H3. The van der Waals surface area contributed by atoms with Gasteiger partial charge in [-0.2, -0.15) is 18.3 Å². The molecule has 0 bridgehead atoms. The van der Waals surface area contributed by atoms with E-state index in [0.717, 1.165) is 11.6 Å². The van der Waals surface area contributed by atoms with Gasteiger partial charge < -0.3 is 9.47 Å². The van der Waals surface area contributed by atoms with Gasteiger partial charge in [-0.1, -0.05) is 30.3 Å². The average Bonchev–Trinajstić information content (AvgIpc) is 3.12. The predicted molar refractivity (Wildman–Crippen MR) is 96.3 cm³/mol. The summed E-state index contributed by atoms with van der Waals surface area (Å²) < 4.78 is 51.0. The Labute approximate surface area is 159 Å². The third kappa shape index (κ3) is 4.16. The fraction of sp³-hybridized carbons (Fsp3) is 0.200. The highest BCUT2D eigenvalue weighted by molar-refractivity contribution is 5.71. The molecule has 8 heteroatoms. The molecular weight excluding hydrogens is 373 g/mol. The Morgan fingerprint density at radius 1 is 1.11 bits per heavy atom. The van der Waals surface area contributed by atoms with Gasteiger partial charge in [0.05, 0.1) is 18.5 Å². The first-order chi connectivity index (χ1) is 13.3. The first-order valence-corrected chi connectivity index (χ1v) is 8.33. The van der Waals surface area contributed by atoms with Crippen LogP contribution in [0.25, 0.3) is 16.9 Å². The summed E-state index contributed by atoms with van der Waals surface area (Å²) in [6.45, 7) is 1.49. The van der Waals surface area contributed by atoms with Gasteiger partial charge >= 0.3 is 12.1 Å². The lowest BCUT2D eigenvalue weighted by Gasteiger charge is -2.11. The molecule has 3 rings (SSSR count). The van der Waals surface area contributed by atoms with Crippen molar-refractivity contribution in [2.24, 2.45) is 0 Å². The van der Waals surface area contributed by atoms with Crippen LogP contribution in [0.3, 0.4) is 0 Å². The van der Waals surface area contributed by atoms with Gasteiger partial charge in [-0.3, -0.25) is 0 Å². The number of esters is 1. The first kappa shape index (κ1) is 19.5. The largest absolute Gasteiger partial charge is 0.482 e. The number of hydrogen-bond donors (Lipinski definition) is 0. The predicted octanol–water partition coefficient (Wildman–Crippen LogP) is 4.42. The van der Waals surface area contributed by atoms with E-state index in [1.807, 2.05) is 0 Å². The Kier molecular flexibility index (Phi) is 5.39. The van der Waals surface area contributed by atoms with E-state index in [0.29, 0.717) is 17.0 Å². The number of nitrogens with zero attached hydrogens (tertiary/aromatic N) is 2. The van der Waals surface area contributed by atoms with Crippen LogP contribution in [-0.2, 0) is 15.7 Å². The van der Waals surface area contributed by atoms with Crippen LogP contribution in [0.15, 0.2) is 54.6 Å². The monoisotopic (exact) mass is 390 g/mol. The first-order valence-electron chi connectivity index (χ1n) is 8.33. The van der Waals surface area contributed by atoms with E-state index >= 15 is 0 Å². The van der Waals surface area contributed by atoms with Crippen LogP contribution in [0.1, 0.15) is 11.3 Å². The van der Waals surface area contributed by atoms with E-state index in [-0.39, 0.29) is 12.3 Å². The summed E-state index contributed by atoms with van der Waals surface area (Å²) in [5.41, 5.74) is 1.04. The fourth-order valence-corrected chi connectivity index (χ4v) is 2.66. The molecule has 0 radical (unpaired) electrons. The lowest BCUT2D eigenvalue weighted by atomic mass is 10.1. The average molecular weight is 390 g/mol. The summed E-state index contributed by atoms with van der Waals surface area (Å²) >= 11 is 0. The van der Waals surface area contributed by atoms with Crippen molar-refractivity contribution in [2.75, 3.05) is 13.7 Å². The quantitative estimate of drug-likeness (QED) is 0.606. The lowest BCUT2D eigenvalue weighted by Crippen LogP contribution is -2.12. The summed E-state index contributed by atoms with van der Waals surface area (Å²) in [6, 6.07) is 14.5. The molecule has 1 heterocycles. The minimum absolute atomic E-state index is 0.255. The molecule has 0 aliphatic heterocycles. The van der Waals surface area contributed by atoms with Gasteiger partial charge in [0.25, 0.3) is 0 Å².